The minimum Gasteiger partial charge on any atom is -0.125 e. The van der Waals surface area contributed by atoms with E-state index in [0.29, 0.717) is 17.6 Å². The molecule has 0 amide bonds. The van der Waals surface area contributed by atoms with E-state index >= 15 is 0 Å². The smallest absolute Gasteiger partial charge is 0.121 e. The van der Waals surface area contributed by atoms with Gasteiger partial charge in [0.25, 0.3) is 0 Å². The third-order valence-electron chi connectivity index (χ3n) is 0.188. The summed E-state index contributed by atoms with van der Waals surface area (Å²) in [6.45, 7) is 0. The maximum Gasteiger partial charge on any atom is 0.121 e. The number of alkyl halides is 5. The predicted molar refractivity (Wildman–Crippen MR) is 47.7 cm³/mol. The van der Waals surface area contributed by atoms with Crippen molar-refractivity contribution in [2.75, 3.05) is 17.6 Å². The van der Waals surface area contributed by atoms with Gasteiger partial charge >= 0.3 is 0 Å². The Morgan fingerprint density at radius 3 is 1.11 bits per heavy atom. The lowest BCUT2D eigenvalue weighted by Crippen LogP contribution is -1.82. The first-order valence-electron chi connectivity index (χ1n) is 2.15. The molecule has 0 aromatic rings. The maximum atomic E-state index is 5.10. The van der Waals surface area contributed by atoms with Crippen molar-refractivity contribution in [3.63, 3.8) is 0 Å². The van der Waals surface area contributed by atoms with Crippen LogP contribution in [0, 0.1) is 0 Å². The van der Waals surface area contributed by atoms with E-state index in [1.54, 1.807) is 0 Å². The van der Waals surface area contributed by atoms with Gasteiger partial charge in [-0.2, -0.15) is 0 Å². The molecular formula is C4H7Cl5. The van der Waals surface area contributed by atoms with Crippen LogP contribution in [0.1, 0.15) is 0 Å². The van der Waals surface area contributed by atoms with Crippen LogP contribution in [0.3, 0.4) is 0 Å². The van der Waals surface area contributed by atoms with Gasteiger partial charge in [0.05, 0.1) is 5.88 Å². The number of halogens is 5. The highest BCUT2D eigenvalue weighted by molar-refractivity contribution is 6.47. The first-order chi connectivity index (χ1) is 4.18. The molecule has 0 saturated heterocycles. The van der Waals surface area contributed by atoms with Crippen molar-refractivity contribution in [1.29, 1.82) is 0 Å². The molecule has 0 heterocycles. The normalized spacial score (nSPS) is 8.67. The molecule has 0 aromatic carbocycles. The monoisotopic (exact) mass is 230 g/mol. The van der Waals surface area contributed by atoms with Crippen LogP contribution in [0.4, 0.5) is 0 Å². The summed E-state index contributed by atoms with van der Waals surface area (Å²) in [4.78, 5) is -0.406. The highest BCUT2D eigenvalue weighted by atomic mass is 35.5. The quantitative estimate of drug-likeness (QED) is 0.639. The minimum absolute atomic E-state index is 0.309. The Bertz CT molecular complexity index is 35.9. The Kier molecular flexibility index (Phi) is 17.7. The van der Waals surface area contributed by atoms with Gasteiger partial charge in [-0.1, -0.05) is 0 Å². The third kappa shape index (κ3) is 26.5. The van der Waals surface area contributed by atoms with Crippen LogP contribution in [0.25, 0.3) is 0 Å². The number of hydrogen-bond acceptors (Lipinski definition) is 0. The lowest BCUT2D eigenvalue weighted by molar-refractivity contribution is 1.40. The zero-order valence-electron chi connectivity index (χ0n) is 4.59. The molecule has 0 bridgehead atoms. The molecule has 5 heteroatoms. The Balaban J connectivity index is 0. The van der Waals surface area contributed by atoms with Crippen molar-refractivity contribution in [1.82, 2.24) is 0 Å². The first-order valence-corrected chi connectivity index (χ1v) is 4.62. The first kappa shape index (κ1) is 13.1. The average molecular weight is 232 g/mol. The summed E-state index contributed by atoms with van der Waals surface area (Å²) in [6.07, 6.45) is 0. The van der Waals surface area contributed by atoms with Gasteiger partial charge in [0.15, 0.2) is 0 Å². The standard InChI is InChI=1S/C2H3Cl3.C2H4Cl2/c3-1-2(4)5;3-1-2-4/h2H,1H2;1-2H2. The van der Waals surface area contributed by atoms with Crippen molar-refractivity contribution in [2.45, 2.75) is 4.84 Å². The molecule has 0 aliphatic carbocycles. The van der Waals surface area contributed by atoms with Gasteiger partial charge in [0.2, 0.25) is 0 Å². The highest BCUT2D eigenvalue weighted by Gasteiger charge is 1.88. The molecule has 0 fully saturated rings. The second-order valence-electron chi connectivity index (χ2n) is 0.923. The predicted octanol–water partition coefficient (Wildman–Crippen LogP) is 3.49. The second kappa shape index (κ2) is 12.2. The fourth-order valence-electron chi connectivity index (χ4n) is 0. The topological polar surface area (TPSA) is 0 Å². The minimum atomic E-state index is -0.406. The van der Waals surface area contributed by atoms with E-state index in [-0.39, 0.29) is 0 Å². The molecule has 0 saturated carbocycles. The second-order valence-corrected chi connectivity index (χ2v) is 3.26. The summed E-state index contributed by atoms with van der Waals surface area (Å²) in [5, 5.41) is 0. The van der Waals surface area contributed by atoms with Gasteiger partial charge in [-0.25, -0.2) is 0 Å². The molecule has 0 spiro atoms. The molecular weight excluding hydrogens is 225 g/mol. The Labute approximate surface area is 80.4 Å². The van der Waals surface area contributed by atoms with Crippen LogP contribution in [0.15, 0.2) is 0 Å². The molecule has 0 atom stereocenters. The van der Waals surface area contributed by atoms with Crippen molar-refractivity contribution < 1.29 is 0 Å². The van der Waals surface area contributed by atoms with E-state index in [2.05, 4.69) is 0 Å². The zero-order chi connectivity index (χ0) is 7.70. The summed E-state index contributed by atoms with van der Waals surface area (Å²) < 4.78 is 0. The molecule has 0 aliphatic rings. The van der Waals surface area contributed by atoms with E-state index in [1.165, 1.54) is 0 Å². The van der Waals surface area contributed by atoms with Crippen LogP contribution in [-0.4, -0.2) is 22.5 Å². The van der Waals surface area contributed by atoms with E-state index in [1.807, 2.05) is 0 Å². The summed E-state index contributed by atoms with van der Waals surface area (Å²) >= 11 is 25.4. The van der Waals surface area contributed by atoms with E-state index in [0.717, 1.165) is 0 Å². The Morgan fingerprint density at radius 2 is 1.11 bits per heavy atom. The molecule has 0 nitrogen and oxygen atoms in total. The number of rotatable bonds is 2. The fourth-order valence-corrected chi connectivity index (χ4v) is 0. The largest absolute Gasteiger partial charge is 0.125 e. The molecule has 0 radical (unpaired) electrons. The molecule has 0 rings (SSSR count). The summed E-state index contributed by atoms with van der Waals surface area (Å²) in [6, 6.07) is 0. The zero-order valence-corrected chi connectivity index (χ0v) is 8.37. The van der Waals surface area contributed by atoms with Crippen LogP contribution >= 0.6 is 58.0 Å². The summed E-state index contributed by atoms with van der Waals surface area (Å²) in [5.41, 5.74) is 0. The van der Waals surface area contributed by atoms with E-state index in [4.69, 9.17) is 58.0 Å². The van der Waals surface area contributed by atoms with Gasteiger partial charge in [-0.05, 0) is 0 Å². The molecule has 9 heavy (non-hydrogen) atoms. The molecule has 0 aliphatic heterocycles. The van der Waals surface area contributed by atoms with Crippen LogP contribution in [-0.2, 0) is 0 Å². The number of hydrogen-bond donors (Lipinski definition) is 0. The fraction of sp³-hybridized carbons (Fsp3) is 1.00. The average Bonchev–Trinajstić information content (AvgIpc) is 1.89. The van der Waals surface area contributed by atoms with Crippen LogP contribution in [0.5, 0.6) is 0 Å². The molecule has 0 aromatic heterocycles. The van der Waals surface area contributed by atoms with Crippen molar-refractivity contribution in [2.24, 2.45) is 0 Å². The van der Waals surface area contributed by atoms with Gasteiger partial charge in [0, 0.05) is 11.8 Å². The van der Waals surface area contributed by atoms with Gasteiger partial charge in [0.1, 0.15) is 4.84 Å². The van der Waals surface area contributed by atoms with Crippen molar-refractivity contribution in [3.05, 3.63) is 0 Å². The third-order valence-corrected chi connectivity index (χ3v) is 1.69. The Hall–Kier alpha value is 1.45. The molecule has 58 valence electrons. The van der Waals surface area contributed by atoms with Gasteiger partial charge in [-0.15, -0.1) is 58.0 Å². The van der Waals surface area contributed by atoms with Crippen LogP contribution < -0.4 is 0 Å². The summed E-state index contributed by atoms with van der Waals surface area (Å²) in [7, 11) is 0. The Morgan fingerprint density at radius 1 is 0.889 bits per heavy atom. The van der Waals surface area contributed by atoms with Crippen molar-refractivity contribution >= 4 is 58.0 Å². The lowest BCUT2D eigenvalue weighted by Gasteiger charge is -1.82. The van der Waals surface area contributed by atoms with Crippen LogP contribution in [0.2, 0.25) is 0 Å². The SMILES string of the molecule is ClCC(Cl)Cl.ClCCCl. The molecule has 0 N–H and O–H groups in total. The van der Waals surface area contributed by atoms with Gasteiger partial charge in [-0.3, -0.25) is 0 Å². The highest BCUT2D eigenvalue weighted by Crippen LogP contribution is 2.01. The summed E-state index contributed by atoms with van der Waals surface area (Å²) in [5.74, 6) is 1.42. The lowest BCUT2D eigenvalue weighted by atomic mass is 10.9. The van der Waals surface area contributed by atoms with Crippen molar-refractivity contribution in [3.8, 4) is 0 Å². The molecule has 0 unspecified atom stereocenters. The van der Waals surface area contributed by atoms with Gasteiger partial charge < -0.3 is 0 Å². The maximum absolute atomic E-state index is 5.10. The van der Waals surface area contributed by atoms with E-state index in [9.17, 15) is 0 Å². The van der Waals surface area contributed by atoms with E-state index < -0.39 is 4.84 Å².